The number of aromatic nitrogens is 5. The van der Waals surface area contributed by atoms with E-state index in [4.69, 9.17) is 19.8 Å². The highest BCUT2D eigenvalue weighted by molar-refractivity contribution is 5.90. The van der Waals surface area contributed by atoms with Gasteiger partial charge in [0.15, 0.2) is 5.82 Å². The number of aryl methyl sites for hydroxylation is 1. The van der Waals surface area contributed by atoms with Crippen LogP contribution in [0.15, 0.2) is 24.4 Å². The third-order valence-electron chi connectivity index (χ3n) is 5.60. The molecule has 1 saturated heterocycles. The number of hydrogen-bond acceptors (Lipinski definition) is 8. The Kier molecular flexibility index (Phi) is 6.79. The van der Waals surface area contributed by atoms with Crippen LogP contribution in [-0.2, 0) is 22.5 Å². The minimum atomic E-state index is -0.777. The number of fused-ring (bicyclic) bond motifs is 1. The van der Waals surface area contributed by atoms with Gasteiger partial charge in [0, 0.05) is 25.9 Å². The minimum absolute atomic E-state index is 0.393. The first-order chi connectivity index (χ1) is 15.6. The second-order valence-electron chi connectivity index (χ2n) is 7.75. The van der Waals surface area contributed by atoms with E-state index < -0.39 is 11.9 Å². The molecular weight excluding hydrogens is 410 g/mol. The molecule has 170 valence electrons. The molecule has 3 aromatic rings. The van der Waals surface area contributed by atoms with E-state index in [0.29, 0.717) is 50.3 Å². The lowest BCUT2D eigenvalue weighted by atomic mass is 9.99. The van der Waals surface area contributed by atoms with Gasteiger partial charge in [-0.1, -0.05) is 13.0 Å². The fourth-order valence-corrected chi connectivity index (χ4v) is 3.97. The summed E-state index contributed by atoms with van der Waals surface area (Å²) in [4.78, 5) is 27.6. The smallest absolute Gasteiger partial charge is 0.308 e. The maximum absolute atomic E-state index is 11.6. The quantitative estimate of drug-likeness (QED) is 0.485. The summed E-state index contributed by atoms with van der Waals surface area (Å²) in [5, 5.41) is 17.6. The highest BCUT2D eigenvalue weighted by atomic mass is 16.5. The molecule has 3 aromatic heterocycles. The van der Waals surface area contributed by atoms with Crippen LogP contribution in [0.2, 0.25) is 0 Å². The van der Waals surface area contributed by atoms with Crippen LogP contribution in [0.3, 0.4) is 0 Å². The van der Waals surface area contributed by atoms with Crippen molar-refractivity contribution in [1.29, 1.82) is 0 Å². The molecule has 0 bridgehead atoms. The zero-order chi connectivity index (χ0) is 22.5. The number of aliphatic carboxylic acids is 1. The summed E-state index contributed by atoms with van der Waals surface area (Å²) in [6, 6.07) is 5.63. The van der Waals surface area contributed by atoms with Crippen molar-refractivity contribution in [3.8, 4) is 0 Å². The number of piperidine rings is 1. The largest absolute Gasteiger partial charge is 0.481 e. The number of rotatable bonds is 9. The summed E-state index contributed by atoms with van der Waals surface area (Å²) in [5.41, 5.74) is 2.43. The lowest BCUT2D eigenvalue weighted by Crippen LogP contribution is -2.39. The normalized spacial score (nSPS) is 16.4. The van der Waals surface area contributed by atoms with E-state index in [2.05, 4.69) is 10.3 Å². The SMILES string of the molecule is CCOCCn1nc(CC)c2nc(N3CCC[C@H](C(=O)O)C3)nc(Nc3ccccn3)c21. The van der Waals surface area contributed by atoms with Gasteiger partial charge < -0.3 is 20.1 Å². The van der Waals surface area contributed by atoms with Gasteiger partial charge in [0.2, 0.25) is 5.95 Å². The maximum Gasteiger partial charge on any atom is 0.308 e. The summed E-state index contributed by atoms with van der Waals surface area (Å²) in [7, 11) is 0. The van der Waals surface area contributed by atoms with E-state index in [-0.39, 0.29) is 0 Å². The number of anilines is 3. The fraction of sp³-hybridized carbons (Fsp3) is 0.500. The topological polar surface area (TPSA) is 118 Å². The molecule has 1 aliphatic rings. The van der Waals surface area contributed by atoms with Crippen molar-refractivity contribution in [3.63, 3.8) is 0 Å². The third kappa shape index (κ3) is 4.64. The minimum Gasteiger partial charge on any atom is -0.481 e. The van der Waals surface area contributed by atoms with Gasteiger partial charge in [-0.2, -0.15) is 10.1 Å². The van der Waals surface area contributed by atoms with Crippen LogP contribution in [0.1, 0.15) is 32.4 Å². The van der Waals surface area contributed by atoms with Gasteiger partial charge in [0.05, 0.1) is 24.8 Å². The number of carbonyl (C=O) groups is 1. The number of hydrogen-bond donors (Lipinski definition) is 2. The number of ether oxygens (including phenoxy) is 1. The molecular formula is C22H29N7O3. The Morgan fingerprint density at radius 1 is 1.31 bits per heavy atom. The summed E-state index contributed by atoms with van der Waals surface area (Å²) in [6.07, 6.45) is 3.89. The van der Waals surface area contributed by atoms with Crippen LogP contribution >= 0.6 is 0 Å². The Morgan fingerprint density at radius 3 is 2.91 bits per heavy atom. The van der Waals surface area contributed by atoms with Crippen molar-refractivity contribution in [2.24, 2.45) is 5.92 Å². The van der Waals surface area contributed by atoms with E-state index in [1.54, 1.807) is 6.20 Å². The summed E-state index contributed by atoms with van der Waals surface area (Å²) in [5.74, 6) is 0.581. The highest BCUT2D eigenvalue weighted by Crippen LogP contribution is 2.30. The van der Waals surface area contributed by atoms with E-state index in [1.807, 2.05) is 41.6 Å². The number of nitrogens with one attached hydrogen (secondary N) is 1. The number of nitrogens with zero attached hydrogens (tertiary/aromatic N) is 6. The lowest BCUT2D eigenvalue weighted by Gasteiger charge is -2.31. The maximum atomic E-state index is 11.6. The second-order valence-corrected chi connectivity index (χ2v) is 7.75. The van der Waals surface area contributed by atoms with Crippen LogP contribution < -0.4 is 10.2 Å². The van der Waals surface area contributed by atoms with Crippen molar-refractivity contribution in [3.05, 3.63) is 30.1 Å². The Hall–Kier alpha value is -3.27. The van der Waals surface area contributed by atoms with Crippen molar-refractivity contribution in [2.45, 2.75) is 39.7 Å². The second kappa shape index (κ2) is 9.90. The molecule has 0 spiro atoms. The van der Waals surface area contributed by atoms with Gasteiger partial charge in [0.25, 0.3) is 0 Å². The Morgan fingerprint density at radius 2 is 2.19 bits per heavy atom. The summed E-state index contributed by atoms with van der Waals surface area (Å²) in [6.45, 7) is 6.87. The molecule has 32 heavy (non-hydrogen) atoms. The Labute approximate surface area is 186 Å². The van der Waals surface area contributed by atoms with Crippen LogP contribution in [0.25, 0.3) is 11.0 Å². The zero-order valence-electron chi connectivity index (χ0n) is 18.5. The number of carboxylic acids is 1. The van der Waals surface area contributed by atoms with Gasteiger partial charge in [-0.05, 0) is 38.3 Å². The summed E-state index contributed by atoms with van der Waals surface area (Å²) >= 11 is 0. The number of carboxylic acid groups (broad SMARTS) is 1. The molecule has 0 aliphatic carbocycles. The number of pyridine rings is 1. The average Bonchev–Trinajstić information content (AvgIpc) is 3.18. The van der Waals surface area contributed by atoms with Crippen molar-refractivity contribution >= 4 is 34.6 Å². The standard InChI is InChI=1S/C22H29N7O3/c1-3-16-18-19(29(27-16)12-13-32-4-2)20(24-17-9-5-6-10-23-17)26-22(25-18)28-11-7-8-15(14-28)21(30)31/h5-6,9-10,15H,3-4,7-8,11-14H2,1-2H3,(H,30,31)(H,23,24,25,26)/t15-/m0/s1. The van der Waals surface area contributed by atoms with E-state index in [9.17, 15) is 9.90 Å². The molecule has 4 heterocycles. The molecule has 0 saturated carbocycles. The van der Waals surface area contributed by atoms with Crippen molar-refractivity contribution in [1.82, 2.24) is 24.7 Å². The molecule has 1 fully saturated rings. The predicted molar refractivity (Wildman–Crippen MR) is 121 cm³/mol. The molecule has 1 atom stereocenters. The lowest BCUT2D eigenvalue weighted by molar-refractivity contribution is -0.141. The summed E-state index contributed by atoms with van der Waals surface area (Å²) < 4.78 is 7.43. The van der Waals surface area contributed by atoms with E-state index in [0.717, 1.165) is 36.1 Å². The van der Waals surface area contributed by atoms with Crippen molar-refractivity contribution in [2.75, 3.05) is 36.5 Å². The van der Waals surface area contributed by atoms with Gasteiger partial charge >= 0.3 is 5.97 Å². The molecule has 0 amide bonds. The monoisotopic (exact) mass is 439 g/mol. The van der Waals surface area contributed by atoms with E-state index >= 15 is 0 Å². The predicted octanol–water partition coefficient (Wildman–Crippen LogP) is 2.86. The molecule has 4 rings (SSSR count). The van der Waals surface area contributed by atoms with Crippen LogP contribution in [-0.4, -0.2) is 62.1 Å². The molecule has 10 heteroatoms. The zero-order valence-corrected chi connectivity index (χ0v) is 18.5. The first kappa shape index (κ1) is 21.9. The van der Waals surface area contributed by atoms with Crippen molar-refractivity contribution < 1.29 is 14.6 Å². The highest BCUT2D eigenvalue weighted by Gasteiger charge is 2.28. The first-order valence-corrected chi connectivity index (χ1v) is 11.1. The molecule has 10 nitrogen and oxygen atoms in total. The van der Waals surface area contributed by atoms with Gasteiger partial charge in [-0.15, -0.1) is 0 Å². The van der Waals surface area contributed by atoms with Gasteiger partial charge in [0.1, 0.15) is 16.9 Å². The third-order valence-corrected chi connectivity index (χ3v) is 5.60. The fourth-order valence-electron chi connectivity index (χ4n) is 3.97. The van der Waals surface area contributed by atoms with Gasteiger partial charge in [-0.25, -0.2) is 9.97 Å². The Bertz CT molecular complexity index is 1070. The molecule has 0 radical (unpaired) electrons. The molecule has 2 N–H and O–H groups in total. The Balaban J connectivity index is 1.79. The first-order valence-electron chi connectivity index (χ1n) is 11.1. The van der Waals surface area contributed by atoms with Gasteiger partial charge in [-0.3, -0.25) is 9.48 Å². The average molecular weight is 440 g/mol. The van der Waals surface area contributed by atoms with Crippen LogP contribution in [0, 0.1) is 5.92 Å². The van der Waals surface area contributed by atoms with Crippen LogP contribution in [0.4, 0.5) is 17.6 Å². The van der Waals surface area contributed by atoms with Crippen LogP contribution in [0.5, 0.6) is 0 Å². The molecule has 0 aromatic carbocycles. The molecule has 0 unspecified atom stereocenters. The van der Waals surface area contributed by atoms with E-state index in [1.165, 1.54) is 0 Å². The molecule has 1 aliphatic heterocycles.